The van der Waals surface area contributed by atoms with Crippen LogP contribution >= 0.6 is 0 Å². The van der Waals surface area contributed by atoms with E-state index in [1.54, 1.807) is 29.2 Å². The molecule has 6 nitrogen and oxygen atoms in total. The first-order valence-electron chi connectivity index (χ1n) is 6.05. The third kappa shape index (κ3) is 3.09. The second-order valence-electron chi connectivity index (χ2n) is 4.36. The zero-order valence-electron chi connectivity index (χ0n) is 11.1. The number of amides is 1. The predicted molar refractivity (Wildman–Crippen MR) is 72.6 cm³/mol. The van der Waals surface area contributed by atoms with Crippen molar-refractivity contribution in [3.05, 3.63) is 41.5 Å². The molecule has 0 radical (unpaired) electrons. The molecule has 0 atom stereocenters. The molecule has 0 aliphatic heterocycles. The quantitative estimate of drug-likeness (QED) is 0.790. The van der Waals surface area contributed by atoms with Gasteiger partial charge in [0.25, 0.3) is 5.91 Å². The van der Waals surface area contributed by atoms with Crippen LogP contribution < -0.4 is 11.1 Å². The van der Waals surface area contributed by atoms with Crippen LogP contribution in [0.25, 0.3) is 0 Å². The van der Waals surface area contributed by atoms with Gasteiger partial charge in [0.1, 0.15) is 6.33 Å². The maximum absolute atomic E-state index is 12.0. The van der Waals surface area contributed by atoms with Gasteiger partial charge < -0.3 is 11.1 Å². The van der Waals surface area contributed by atoms with E-state index in [1.165, 1.54) is 0 Å². The zero-order valence-corrected chi connectivity index (χ0v) is 11.1. The number of nitrogens with one attached hydrogen (secondary N) is 1. The van der Waals surface area contributed by atoms with Gasteiger partial charge in [0, 0.05) is 31.3 Å². The van der Waals surface area contributed by atoms with E-state index in [9.17, 15) is 4.79 Å². The van der Waals surface area contributed by atoms with Crippen LogP contribution in [-0.2, 0) is 13.5 Å². The van der Waals surface area contributed by atoms with Crippen molar-refractivity contribution >= 4 is 11.6 Å². The van der Waals surface area contributed by atoms with Crippen LogP contribution in [0.3, 0.4) is 0 Å². The van der Waals surface area contributed by atoms with Gasteiger partial charge in [-0.3, -0.25) is 9.48 Å². The van der Waals surface area contributed by atoms with Crippen molar-refractivity contribution in [2.75, 3.05) is 12.3 Å². The Balaban J connectivity index is 1.93. The summed E-state index contributed by atoms with van der Waals surface area (Å²) < 4.78 is 1.64. The van der Waals surface area contributed by atoms with Crippen molar-refractivity contribution in [3.8, 4) is 0 Å². The van der Waals surface area contributed by atoms with Crippen molar-refractivity contribution in [2.24, 2.45) is 7.05 Å². The van der Waals surface area contributed by atoms with E-state index in [1.807, 2.05) is 14.0 Å². The Bertz CT molecular complexity index is 590. The second-order valence-corrected chi connectivity index (χ2v) is 4.36. The second kappa shape index (κ2) is 5.51. The Labute approximate surface area is 111 Å². The number of carbonyl (C=O) groups is 1. The SMILES string of the molecule is Cc1c(N)cccc1C(=O)NCCc1ncn(C)n1. The smallest absolute Gasteiger partial charge is 0.251 e. The van der Waals surface area contributed by atoms with E-state index < -0.39 is 0 Å². The van der Waals surface area contributed by atoms with E-state index in [-0.39, 0.29) is 5.91 Å². The maximum atomic E-state index is 12.0. The highest BCUT2D eigenvalue weighted by Crippen LogP contribution is 2.15. The molecule has 1 aromatic heterocycles. The molecule has 1 heterocycles. The van der Waals surface area contributed by atoms with Gasteiger partial charge in [0.2, 0.25) is 0 Å². The van der Waals surface area contributed by atoms with E-state index >= 15 is 0 Å². The van der Waals surface area contributed by atoms with Gasteiger partial charge in [-0.15, -0.1) is 0 Å². The molecule has 0 aliphatic carbocycles. The molecule has 0 saturated carbocycles. The van der Waals surface area contributed by atoms with E-state index in [0.29, 0.717) is 30.0 Å². The summed E-state index contributed by atoms with van der Waals surface area (Å²) in [6.45, 7) is 2.33. The Morgan fingerprint density at radius 3 is 2.95 bits per heavy atom. The molecule has 0 spiro atoms. The van der Waals surface area contributed by atoms with Crippen LogP contribution in [0, 0.1) is 6.92 Å². The average molecular weight is 259 g/mol. The van der Waals surface area contributed by atoms with Crippen LogP contribution in [-0.4, -0.2) is 27.2 Å². The normalized spacial score (nSPS) is 10.4. The highest BCUT2D eigenvalue weighted by molar-refractivity contribution is 5.96. The summed E-state index contributed by atoms with van der Waals surface area (Å²) in [6.07, 6.45) is 2.24. The lowest BCUT2D eigenvalue weighted by molar-refractivity contribution is 0.0953. The van der Waals surface area contributed by atoms with Crippen molar-refractivity contribution in [1.29, 1.82) is 0 Å². The van der Waals surface area contributed by atoms with Crippen molar-refractivity contribution in [2.45, 2.75) is 13.3 Å². The summed E-state index contributed by atoms with van der Waals surface area (Å²) >= 11 is 0. The minimum absolute atomic E-state index is 0.124. The molecule has 0 saturated heterocycles. The lowest BCUT2D eigenvalue weighted by Gasteiger charge is -2.08. The molecule has 1 amide bonds. The summed E-state index contributed by atoms with van der Waals surface area (Å²) in [7, 11) is 1.81. The lowest BCUT2D eigenvalue weighted by Crippen LogP contribution is -2.26. The molecular weight excluding hydrogens is 242 g/mol. The van der Waals surface area contributed by atoms with E-state index in [2.05, 4.69) is 15.4 Å². The number of rotatable bonds is 4. The average Bonchev–Trinajstić information content (AvgIpc) is 2.78. The molecule has 2 aromatic rings. The number of nitrogens with zero attached hydrogens (tertiary/aromatic N) is 3. The summed E-state index contributed by atoms with van der Waals surface area (Å²) in [5.74, 6) is 0.591. The first-order chi connectivity index (χ1) is 9.08. The van der Waals surface area contributed by atoms with Gasteiger partial charge in [-0.2, -0.15) is 5.10 Å². The minimum atomic E-state index is -0.124. The molecule has 3 N–H and O–H groups in total. The number of hydrogen-bond donors (Lipinski definition) is 2. The predicted octanol–water partition coefficient (Wildman–Crippen LogP) is 0.678. The third-order valence-electron chi connectivity index (χ3n) is 2.90. The molecular formula is C13H17N5O. The van der Waals surface area contributed by atoms with Crippen LogP contribution in [0.15, 0.2) is 24.5 Å². The number of hydrogen-bond acceptors (Lipinski definition) is 4. The molecule has 0 unspecified atom stereocenters. The monoisotopic (exact) mass is 259 g/mol. The number of carbonyl (C=O) groups excluding carboxylic acids is 1. The number of anilines is 1. The Kier molecular flexibility index (Phi) is 3.79. The van der Waals surface area contributed by atoms with E-state index in [4.69, 9.17) is 5.73 Å². The Hall–Kier alpha value is -2.37. The van der Waals surface area contributed by atoms with Gasteiger partial charge in [0.05, 0.1) is 0 Å². The molecule has 2 rings (SSSR count). The zero-order chi connectivity index (χ0) is 13.8. The fraction of sp³-hybridized carbons (Fsp3) is 0.308. The van der Waals surface area contributed by atoms with Crippen molar-refractivity contribution < 1.29 is 4.79 Å². The van der Waals surface area contributed by atoms with Gasteiger partial charge in [-0.1, -0.05) is 6.07 Å². The topological polar surface area (TPSA) is 85.8 Å². The Morgan fingerprint density at radius 1 is 1.47 bits per heavy atom. The van der Waals surface area contributed by atoms with Crippen LogP contribution in [0.2, 0.25) is 0 Å². The number of nitrogens with two attached hydrogens (primary N) is 1. The first kappa shape index (κ1) is 13.1. The van der Waals surface area contributed by atoms with Crippen molar-refractivity contribution in [3.63, 3.8) is 0 Å². The maximum Gasteiger partial charge on any atom is 0.251 e. The molecule has 0 fully saturated rings. The van der Waals surface area contributed by atoms with Crippen LogP contribution in [0.5, 0.6) is 0 Å². The molecule has 100 valence electrons. The largest absolute Gasteiger partial charge is 0.398 e. The van der Waals surface area contributed by atoms with Crippen molar-refractivity contribution in [1.82, 2.24) is 20.1 Å². The summed E-state index contributed by atoms with van der Waals surface area (Å²) in [6, 6.07) is 5.32. The summed E-state index contributed by atoms with van der Waals surface area (Å²) in [4.78, 5) is 16.1. The number of benzene rings is 1. The van der Waals surface area contributed by atoms with E-state index in [0.717, 1.165) is 5.56 Å². The van der Waals surface area contributed by atoms with Gasteiger partial charge in [0.15, 0.2) is 5.82 Å². The molecule has 6 heteroatoms. The Morgan fingerprint density at radius 2 is 2.26 bits per heavy atom. The third-order valence-corrected chi connectivity index (χ3v) is 2.90. The fourth-order valence-electron chi connectivity index (χ4n) is 1.78. The number of aromatic nitrogens is 3. The van der Waals surface area contributed by atoms with Gasteiger partial charge in [-0.05, 0) is 24.6 Å². The van der Waals surface area contributed by atoms with Gasteiger partial charge >= 0.3 is 0 Å². The highest BCUT2D eigenvalue weighted by atomic mass is 16.1. The number of aryl methyl sites for hydroxylation is 1. The fourth-order valence-corrected chi connectivity index (χ4v) is 1.78. The number of nitrogen functional groups attached to an aromatic ring is 1. The highest BCUT2D eigenvalue weighted by Gasteiger charge is 2.10. The van der Waals surface area contributed by atoms with Crippen LogP contribution in [0.1, 0.15) is 21.7 Å². The summed E-state index contributed by atoms with van der Waals surface area (Å²) in [5.41, 5.74) is 7.81. The lowest BCUT2D eigenvalue weighted by atomic mass is 10.1. The van der Waals surface area contributed by atoms with Gasteiger partial charge in [-0.25, -0.2) is 4.98 Å². The molecule has 1 aromatic carbocycles. The standard InChI is InChI=1S/C13H17N5O/c1-9-10(4-3-5-11(9)14)13(19)15-7-6-12-16-8-18(2)17-12/h3-5,8H,6-7,14H2,1-2H3,(H,15,19). The first-order valence-corrected chi connectivity index (χ1v) is 6.05. The summed E-state index contributed by atoms with van der Waals surface area (Å²) in [5, 5.41) is 6.99. The molecule has 0 bridgehead atoms. The van der Waals surface area contributed by atoms with Crippen LogP contribution in [0.4, 0.5) is 5.69 Å². The minimum Gasteiger partial charge on any atom is -0.398 e. The molecule has 19 heavy (non-hydrogen) atoms. The molecule has 0 aliphatic rings.